The lowest BCUT2D eigenvalue weighted by molar-refractivity contribution is -0.125. The van der Waals surface area contributed by atoms with Crippen LogP contribution in [0.25, 0.3) is 0 Å². The first-order valence-corrected chi connectivity index (χ1v) is 6.75. The van der Waals surface area contributed by atoms with Gasteiger partial charge in [-0.25, -0.2) is 4.79 Å². The number of rotatable bonds is 5. The molecule has 112 valence electrons. The first-order valence-electron chi connectivity index (χ1n) is 6.75. The topological polar surface area (TPSA) is 79.2 Å². The zero-order valence-corrected chi connectivity index (χ0v) is 12.8. The van der Waals surface area contributed by atoms with Gasteiger partial charge in [-0.1, -0.05) is 32.0 Å². The second-order valence-corrected chi connectivity index (χ2v) is 5.41. The Bertz CT molecular complexity index is 575. The molecule has 5 heteroatoms. The Hall–Kier alpha value is -2.35. The van der Waals surface area contributed by atoms with Crippen LogP contribution in [0.5, 0.6) is 0 Å². The Kier molecular flexibility index (Phi) is 5.48. The third-order valence-corrected chi connectivity index (χ3v) is 3.49. The number of carbonyl (C=O) groups is 2. The number of ether oxygens (including phenoxy) is 1. The predicted molar refractivity (Wildman–Crippen MR) is 78.5 cm³/mol. The Morgan fingerprint density at radius 3 is 2.52 bits per heavy atom. The molecule has 0 unspecified atom stereocenters. The Morgan fingerprint density at radius 2 is 2.00 bits per heavy atom. The summed E-state index contributed by atoms with van der Waals surface area (Å²) in [5, 5.41) is 11.7. The molecule has 0 spiro atoms. The van der Waals surface area contributed by atoms with E-state index < -0.39 is 24.0 Å². The average Bonchev–Trinajstić information content (AvgIpc) is 2.44. The van der Waals surface area contributed by atoms with Crippen molar-refractivity contribution in [2.45, 2.75) is 33.2 Å². The van der Waals surface area contributed by atoms with Gasteiger partial charge in [-0.2, -0.15) is 5.26 Å². The molecule has 1 amide bonds. The Balaban J connectivity index is 2.60. The third-order valence-electron chi connectivity index (χ3n) is 3.49. The molecule has 1 aromatic rings. The number of esters is 1. The summed E-state index contributed by atoms with van der Waals surface area (Å²) >= 11 is 0. The van der Waals surface area contributed by atoms with Crippen LogP contribution in [0.4, 0.5) is 0 Å². The zero-order valence-electron chi connectivity index (χ0n) is 12.8. The maximum atomic E-state index is 11.9. The molecule has 0 radical (unpaired) electrons. The molecule has 1 rings (SSSR count). The molecule has 0 heterocycles. The molecule has 1 aromatic carbocycles. The quantitative estimate of drug-likeness (QED) is 0.842. The SMILES string of the molecule is Cc1ccccc1C(=O)OCC(=O)N[C@](C)(C#N)C(C)C. The molecule has 0 aliphatic heterocycles. The van der Waals surface area contributed by atoms with Gasteiger partial charge >= 0.3 is 5.97 Å². The van der Waals surface area contributed by atoms with E-state index in [0.29, 0.717) is 5.56 Å². The van der Waals surface area contributed by atoms with E-state index in [1.54, 1.807) is 32.0 Å². The maximum absolute atomic E-state index is 11.9. The van der Waals surface area contributed by atoms with Gasteiger partial charge in [0.1, 0.15) is 5.54 Å². The smallest absolute Gasteiger partial charge is 0.338 e. The van der Waals surface area contributed by atoms with Crippen molar-refractivity contribution in [2.75, 3.05) is 6.61 Å². The normalized spacial score (nSPS) is 13.1. The largest absolute Gasteiger partial charge is 0.452 e. The number of carbonyl (C=O) groups excluding carboxylic acids is 2. The van der Waals surface area contributed by atoms with Crippen molar-refractivity contribution in [2.24, 2.45) is 5.92 Å². The fourth-order valence-electron chi connectivity index (χ4n) is 1.64. The first-order chi connectivity index (χ1) is 9.80. The van der Waals surface area contributed by atoms with Crippen molar-refractivity contribution in [1.82, 2.24) is 5.32 Å². The molecule has 0 aromatic heterocycles. The Labute approximate surface area is 124 Å². The minimum atomic E-state index is -0.980. The number of hydrogen-bond donors (Lipinski definition) is 1. The van der Waals surface area contributed by atoms with Crippen molar-refractivity contribution in [3.8, 4) is 6.07 Å². The van der Waals surface area contributed by atoms with Crippen LogP contribution in [0, 0.1) is 24.2 Å². The maximum Gasteiger partial charge on any atom is 0.338 e. The van der Waals surface area contributed by atoms with Crippen molar-refractivity contribution in [3.05, 3.63) is 35.4 Å². The van der Waals surface area contributed by atoms with Crippen LogP contribution in [-0.4, -0.2) is 24.0 Å². The van der Waals surface area contributed by atoms with E-state index in [-0.39, 0.29) is 5.92 Å². The molecular weight excluding hydrogens is 268 g/mol. The highest BCUT2D eigenvalue weighted by Crippen LogP contribution is 2.15. The summed E-state index contributed by atoms with van der Waals surface area (Å²) in [5.74, 6) is -1.10. The summed E-state index contributed by atoms with van der Waals surface area (Å²) in [6, 6.07) is 9.05. The van der Waals surface area contributed by atoms with E-state index in [2.05, 4.69) is 11.4 Å². The molecule has 0 aliphatic rings. The van der Waals surface area contributed by atoms with Crippen LogP contribution in [-0.2, 0) is 9.53 Å². The van der Waals surface area contributed by atoms with Crippen molar-refractivity contribution in [1.29, 1.82) is 5.26 Å². The summed E-state index contributed by atoms with van der Waals surface area (Å²) in [6.07, 6.45) is 0. The minimum Gasteiger partial charge on any atom is -0.452 e. The highest BCUT2D eigenvalue weighted by Gasteiger charge is 2.30. The van der Waals surface area contributed by atoms with Crippen molar-refractivity contribution < 1.29 is 14.3 Å². The second-order valence-electron chi connectivity index (χ2n) is 5.41. The van der Waals surface area contributed by atoms with Gasteiger partial charge < -0.3 is 10.1 Å². The zero-order chi connectivity index (χ0) is 16.0. The predicted octanol–water partition coefficient (Wildman–Crippen LogP) is 2.21. The van der Waals surface area contributed by atoms with Gasteiger partial charge in [0.15, 0.2) is 6.61 Å². The van der Waals surface area contributed by atoms with Crippen LogP contribution in [0.15, 0.2) is 24.3 Å². The lowest BCUT2D eigenvalue weighted by Gasteiger charge is -2.27. The molecular formula is C16H20N2O3. The van der Waals surface area contributed by atoms with Gasteiger partial charge in [0, 0.05) is 0 Å². The third kappa shape index (κ3) is 4.32. The summed E-state index contributed by atoms with van der Waals surface area (Å²) in [7, 11) is 0. The van der Waals surface area contributed by atoms with Gasteiger partial charge in [0.25, 0.3) is 5.91 Å². The van der Waals surface area contributed by atoms with Crippen molar-refractivity contribution in [3.63, 3.8) is 0 Å². The number of aryl methyl sites for hydroxylation is 1. The molecule has 21 heavy (non-hydrogen) atoms. The highest BCUT2D eigenvalue weighted by molar-refractivity contribution is 5.92. The molecule has 1 N–H and O–H groups in total. The fraction of sp³-hybridized carbons (Fsp3) is 0.438. The summed E-state index contributed by atoms with van der Waals surface area (Å²) in [6.45, 7) is 6.70. The Morgan fingerprint density at radius 1 is 1.38 bits per heavy atom. The molecule has 0 saturated heterocycles. The number of nitriles is 1. The van der Waals surface area contributed by atoms with E-state index in [9.17, 15) is 9.59 Å². The number of nitrogens with zero attached hydrogens (tertiary/aromatic N) is 1. The van der Waals surface area contributed by atoms with Gasteiger partial charge in [-0.3, -0.25) is 4.79 Å². The van der Waals surface area contributed by atoms with Gasteiger partial charge in [-0.05, 0) is 31.4 Å². The lowest BCUT2D eigenvalue weighted by atomic mass is 9.90. The number of amides is 1. The van der Waals surface area contributed by atoms with Crippen LogP contribution in [0.2, 0.25) is 0 Å². The minimum absolute atomic E-state index is 0.0569. The summed E-state index contributed by atoms with van der Waals surface area (Å²) in [4.78, 5) is 23.7. The van der Waals surface area contributed by atoms with E-state index in [0.717, 1.165) is 5.56 Å². The van der Waals surface area contributed by atoms with Crippen LogP contribution in [0.1, 0.15) is 36.7 Å². The average molecular weight is 288 g/mol. The van der Waals surface area contributed by atoms with Gasteiger partial charge in [0.05, 0.1) is 11.6 Å². The van der Waals surface area contributed by atoms with E-state index in [1.165, 1.54) is 0 Å². The second kappa shape index (κ2) is 6.89. The molecule has 5 nitrogen and oxygen atoms in total. The van der Waals surface area contributed by atoms with Crippen molar-refractivity contribution >= 4 is 11.9 Å². The number of benzene rings is 1. The molecule has 0 bridgehead atoms. The molecule has 1 atom stereocenters. The molecule has 0 aliphatic carbocycles. The van der Waals surface area contributed by atoms with Crippen LogP contribution < -0.4 is 5.32 Å². The van der Waals surface area contributed by atoms with Crippen LogP contribution in [0.3, 0.4) is 0 Å². The van der Waals surface area contributed by atoms with Gasteiger partial charge in [0.2, 0.25) is 0 Å². The molecule has 0 saturated carbocycles. The summed E-state index contributed by atoms with van der Waals surface area (Å²) < 4.78 is 4.98. The lowest BCUT2D eigenvalue weighted by Crippen LogP contribution is -2.50. The monoisotopic (exact) mass is 288 g/mol. The first kappa shape index (κ1) is 16.7. The van der Waals surface area contributed by atoms with E-state index in [4.69, 9.17) is 10.00 Å². The highest BCUT2D eigenvalue weighted by atomic mass is 16.5. The van der Waals surface area contributed by atoms with Gasteiger partial charge in [-0.15, -0.1) is 0 Å². The summed E-state index contributed by atoms with van der Waals surface area (Å²) in [5.41, 5.74) is 0.232. The fourth-order valence-corrected chi connectivity index (χ4v) is 1.64. The molecule has 0 fully saturated rings. The van der Waals surface area contributed by atoms with E-state index >= 15 is 0 Å². The number of hydrogen-bond acceptors (Lipinski definition) is 4. The number of nitrogens with one attached hydrogen (secondary N) is 1. The van der Waals surface area contributed by atoms with E-state index in [1.807, 2.05) is 19.9 Å². The van der Waals surface area contributed by atoms with Crippen LogP contribution >= 0.6 is 0 Å². The standard InChI is InChI=1S/C16H20N2O3/c1-11(2)16(4,10-17)18-14(19)9-21-15(20)13-8-6-5-7-12(13)3/h5-8,11H,9H2,1-4H3,(H,18,19)/t16-/m1/s1.